The van der Waals surface area contributed by atoms with Gasteiger partial charge in [-0.2, -0.15) is 0 Å². The highest BCUT2D eigenvalue weighted by Gasteiger charge is 1.98. The number of hydrogen-bond donors (Lipinski definition) is 4. The van der Waals surface area contributed by atoms with E-state index < -0.39 is 11.9 Å². The number of unbranched alkanes of at least 4 members (excludes halogenated alkanes) is 4. The second-order valence-corrected chi connectivity index (χ2v) is 3.69. The second kappa shape index (κ2) is 22.1. The molecule has 0 bridgehead atoms. The number of aliphatic hydroxyl groups excluding tert-OH is 2. The van der Waals surface area contributed by atoms with E-state index in [1.807, 2.05) is 0 Å². The molecule has 0 aromatic rings. The van der Waals surface area contributed by atoms with E-state index in [4.69, 9.17) is 20.4 Å². The minimum Gasteiger partial charge on any atom is -0.481 e. The number of rotatable bonds is 8. The molecular formula is C13H28O6. The Morgan fingerprint density at radius 2 is 0.895 bits per heavy atom. The summed E-state index contributed by atoms with van der Waals surface area (Å²) in [4.78, 5) is 20.2. The molecule has 0 aromatic carbocycles. The number of aliphatic hydroxyl groups is 2. The monoisotopic (exact) mass is 280 g/mol. The summed E-state index contributed by atoms with van der Waals surface area (Å²) in [6.07, 6.45) is 4.53. The van der Waals surface area contributed by atoms with E-state index >= 15 is 0 Å². The maximum atomic E-state index is 10.1. The molecule has 19 heavy (non-hydrogen) atoms. The lowest BCUT2D eigenvalue weighted by atomic mass is 10.1. The molecule has 6 nitrogen and oxygen atoms in total. The quantitative estimate of drug-likeness (QED) is 0.505. The SMILES string of the molecule is CCO.CCO.O=C(O)CCCCCCCC(=O)O. The van der Waals surface area contributed by atoms with Crippen molar-refractivity contribution in [3.63, 3.8) is 0 Å². The van der Waals surface area contributed by atoms with Crippen molar-refractivity contribution >= 4 is 11.9 Å². The van der Waals surface area contributed by atoms with Gasteiger partial charge in [0.15, 0.2) is 0 Å². The number of carboxylic acid groups (broad SMARTS) is 2. The largest absolute Gasteiger partial charge is 0.481 e. The maximum Gasteiger partial charge on any atom is 0.303 e. The Labute approximate surface area is 115 Å². The van der Waals surface area contributed by atoms with Crippen molar-refractivity contribution in [2.45, 2.75) is 58.8 Å². The Balaban J connectivity index is -0.000000360. The Kier molecular flexibility index (Phi) is 26.7. The first-order valence-corrected chi connectivity index (χ1v) is 6.61. The van der Waals surface area contributed by atoms with Crippen LogP contribution in [0.25, 0.3) is 0 Å². The third-order valence-electron chi connectivity index (χ3n) is 1.78. The molecule has 0 fully saturated rings. The van der Waals surface area contributed by atoms with Gasteiger partial charge in [0.05, 0.1) is 0 Å². The van der Waals surface area contributed by atoms with Gasteiger partial charge in [-0.05, 0) is 26.7 Å². The summed E-state index contributed by atoms with van der Waals surface area (Å²) in [6.45, 7) is 3.86. The van der Waals surface area contributed by atoms with Crippen LogP contribution in [-0.2, 0) is 9.59 Å². The first-order chi connectivity index (χ1) is 8.95. The average molecular weight is 280 g/mol. The van der Waals surface area contributed by atoms with Gasteiger partial charge < -0.3 is 20.4 Å². The minimum atomic E-state index is -0.759. The smallest absolute Gasteiger partial charge is 0.303 e. The summed E-state index contributed by atoms with van der Waals surface area (Å²) in [5.41, 5.74) is 0. The zero-order valence-corrected chi connectivity index (χ0v) is 12.0. The molecule has 0 saturated carbocycles. The molecule has 6 heteroatoms. The van der Waals surface area contributed by atoms with Gasteiger partial charge in [-0.15, -0.1) is 0 Å². The lowest BCUT2D eigenvalue weighted by molar-refractivity contribution is -0.138. The Morgan fingerprint density at radius 1 is 0.684 bits per heavy atom. The van der Waals surface area contributed by atoms with E-state index in [1.54, 1.807) is 13.8 Å². The van der Waals surface area contributed by atoms with E-state index in [2.05, 4.69) is 0 Å². The lowest BCUT2D eigenvalue weighted by Crippen LogP contribution is -1.95. The molecule has 0 atom stereocenters. The molecule has 0 aliphatic rings. The van der Waals surface area contributed by atoms with E-state index in [9.17, 15) is 9.59 Å². The average Bonchev–Trinajstić information content (AvgIpc) is 2.29. The molecule has 0 amide bonds. The fraction of sp³-hybridized carbons (Fsp3) is 0.846. The molecule has 0 spiro atoms. The topological polar surface area (TPSA) is 115 Å². The third kappa shape index (κ3) is 47.4. The first kappa shape index (κ1) is 23.0. The third-order valence-corrected chi connectivity index (χ3v) is 1.78. The summed E-state index contributed by atoms with van der Waals surface area (Å²) < 4.78 is 0. The van der Waals surface area contributed by atoms with Crippen LogP contribution in [0, 0.1) is 0 Å². The highest BCUT2D eigenvalue weighted by Crippen LogP contribution is 2.06. The van der Waals surface area contributed by atoms with Gasteiger partial charge in [-0.1, -0.05) is 19.3 Å². The number of carboxylic acids is 2. The van der Waals surface area contributed by atoms with Crippen molar-refractivity contribution < 1.29 is 30.0 Å². The number of aliphatic carboxylic acids is 2. The van der Waals surface area contributed by atoms with Gasteiger partial charge in [0, 0.05) is 26.1 Å². The molecule has 0 unspecified atom stereocenters. The van der Waals surface area contributed by atoms with Gasteiger partial charge in [0.1, 0.15) is 0 Å². The van der Waals surface area contributed by atoms with E-state index in [1.165, 1.54) is 0 Å². The highest BCUT2D eigenvalue weighted by atomic mass is 16.4. The van der Waals surface area contributed by atoms with Crippen LogP contribution in [0.4, 0.5) is 0 Å². The van der Waals surface area contributed by atoms with Crippen molar-refractivity contribution in [3.05, 3.63) is 0 Å². The highest BCUT2D eigenvalue weighted by molar-refractivity contribution is 5.66. The summed E-state index contributed by atoms with van der Waals surface area (Å²) in [5.74, 6) is -1.52. The van der Waals surface area contributed by atoms with Crippen LogP contribution in [0.15, 0.2) is 0 Å². The molecule has 0 aliphatic heterocycles. The van der Waals surface area contributed by atoms with Crippen molar-refractivity contribution in [2.75, 3.05) is 13.2 Å². The Bertz CT molecular complexity index is 174. The molecule has 116 valence electrons. The second-order valence-electron chi connectivity index (χ2n) is 3.69. The van der Waals surface area contributed by atoms with Gasteiger partial charge in [-0.3, -0.25) is 9.59 Å². The summed E-state index contributed by atoms with van der Waals surface area (Å²) >= 11 is 0. The van der Waals surface area contributed by atoms with E-state index in [0.717, 1.165) is 19.3 Å². The molecule has 0 heterocycles. The van der Waals surface area contributed by atoms with Crippen molar-refractivity contribution in [1.29, 1.82) is 0 Å². The molecule has 0 rings (SSSR count). The fourth-order valence-electron chi connectivity index (χ4n) is 1.08. The van der Waals surface area contributed by atoms with Crippen LogP contribution in [0.1, 0.15) is 58.8 Å². The van der Waals surface area contributed by atoms with Gasteiger partial charge in [0.25, 0.3) is 0 Å². The number of carbonyl (C=O) groups is 2. The van der Waals surface area contributed by atoms with Gasteiger partial charge >= 0.3 is 11.9 Å². The van der Waals surface area contributed by atoms with Crippen LogP contribution >= 0.6 is 0 Å². The van der Waals surface area contributed by atoms with E-state index in [0.29, 0.717) is 12.8 Å². The zero-order chi connectivity index (χ0) is 15.5. The molecule has 0 aromatic heterocycles. The van der Waals surface area contributed by atoms with Crippen molar-refractivity contribution in [3.8, 4) is 0 Å². The molecule has 0 saturated heterocycles. The van der Waals surface area contributed by atoms with Crippen LogP contribution < -0.4 is 0 Å². The zero-order valence-electron chi connectivity index (χ0n) is 12.0. The normalized spacial score (nSPS) is 8.63. The van der Waals surface area contributed by atoms with Crippen molar-refractivity contribution in [1.82, 2.24) is 0 Å². The predicted molar refractivity (Wildman–Crippen MR) is 73.1 cm³/mol. The Hall–Kier alpha value is -1.14. The standard InChI is InChI=1S/C9H16O4.2C2H6O/c10-8(11)6-4-2-1-3-5-7-9(12)13;2*1-2-3/h1-7H2,(H,10,11)(H,12,13);2*3H,2H2,1H3. The maximum absolute atomic E-state index is 10.1. The minimum absolute atomic E-state index is 0.221. The molecular weight excluding hydrogens is 252 g/mol. The van der Waals surface area contributed by atoms with Crippen LogP contribution in [-0.4, -0.2) is 45.6 Å². The fourth-order valence-corrected chi connectivity index (χ4v) is 1.08. The van der Waals surface area contributed by atoms with E-state index in [-0.39, 0.29) is 26.1 Å². The lowest BCUT2D eigenvalue weighted by Gasteiger charge is -1.97. The number of hydrogen-bond acceptors (Lipinski definition) is 4. The molecule has 0 radical (unpaired) electrons. The molecule has 0 aliphatic carbocycles. The summed E-state index contributed by atoms with van der Waals surface area (Å²) in [6, 6.07) is 0. The predicted octanol–water partition coefficient (Wildman–Crippen LogP) is 1.88. The summed E-state index contributed by atoms with van der Waals surface area (Å²) in [7, 11) is 0. The van der Waals surface area contributed by atoms with Crippen LogP contribution in [0.2, 0.25) is 0 Å². The van der Waals surface area contributed by atoms with Gasteiger partial charge in [-0.25, -0.2) is 0 Å². The van der Waals surface area contributed by atoms with Crippen molar-refractivity contribution in [2.24, 2.45) is 0 Å². The van der Waals surface area contributed by atoms with Crippen LogP contribution in [0.5, 0.6) is 0 Å². The van der Waals surface area contributed by atoms with Gasteiger partial charge in [0.2, 0.25) is 0 Å². The molecule has 4 N–H and O–H groups in total. The van der Waals surface area contributed by atoms with Crippen LogP contribution in [0.3, 0.4) is 0 Å². The summed E-state index contributed by atoms with van der Waals surface area (Å²) in [5, 5.41) is 31.8. The Morgan fingerprint density at radius 3 is 1.11 bits per heavy atom. The first-order valence-electron chi connectivity index (χ1n) is 6.61.